The molecule has 0 aromatic heterocycles. The van der Waals surface area contributed by atoms with Crippen LogP contribution in [0.4, 0.5) is 0 Å². The van der Waals surface area contributed by atoms with E-state index in [2.05, 4.69) is 27.7 Å². The van der Waals surface area contributed by atoms with Crippen LogP contribution in [0.25, 0.3) is 0 Å². The van der Waals surface area contributed by atoms with Crippen molar-refractivity contribution in [2.24, 2.45) is 0 Å². The molecule has 1 saturated carbocycles. The normalized spacial score (nSPS) is 23.4. The van der Waals surface area contributed by atoms with Gasteiger partial charge < -0.3 is 9.57 Å². The minimum atomic E-state index is -0.320. The SMILES string of the molecule is CC1(C)CCCC(C)(C)N1OC(=O)c1ccccc1OC1CCCCC1. The van der Waals surface area contributed by atoms with E-state index < -0.39 is 0 Å². The number of benzene rings is 1. The van der Waals surface area contributed by atoms with Crippen LogP contribution in [-0.2, 0) is 4.84 Å². The van der Waals surface area contributed by atoms with E-state index in [0.717, 1.165) is 32.1 Å². The summed E-state index contributed by atoms with van der Waals surface area (Å²) in [6.07, 6.45) is 9.21. The van der Waals surface area contributed by atoms with Crippen molar-refractivity contribution in [2.45, 2.75) is 96.2 Å². The lowest BCUT2D eigenvalue weighted by molar-refractivity contribution is -0.240. The summed E-state index contributed by atoms with van der Waals surface area (Å²) in [5.74, 6) is 0.330. The lowest BCUT2D eigenvalue weighted by Gasteiger charge is -2.50. The zero-order chi connectivity index (χ0) is 18.8. The van der Waals surface area contributed by atoms with Crippen molar-refractivity contribution < 1.29 is 14.4 Å². The maximum atomic E-state index is 13.0. The first kappa shape index (κ1) is 19.2. The molecule has 0 N–H and O–H groups in total. The zero-order valence-electron chi connectivity index (χ0n) is 16.7. The van der Waals surface area contributed by atoms with Crippen LogP contribution >= 0.6 is 0 Å². The van der Waals surface area contributed by atoms with E-state index in [0.29, 0.717) is 11.3 Å². The van der Waals surface area contributed by atoms with Gasteiger partial charge in [-0.25, -0.2) is 4.79 Å². The van der Waals surface area contributed by atoms with Gasteiger partial charge in [0.25, 0.3) is 0 Å². The molecule has 1 aromatic rings. The highest BCUT2D eigenvalue weighted by molar-refractivity contribution is 5.92. The molecule has 4 nitrogen and oxygen atoms in total. The third-order valence-electron chi connectivity index (χ3n) is 5.80. The summed E-state index contributed by atoms with van der Waals surface area (Å²) in [5, 5.41) is 1.91. The van der Waals surface area contributed by atoms with Gasteiger partial charge in [-0.2, -0.15) is 0 Å². The molecule has 1 aliphatic carbocycles. The standard InChI is InChI=1S/C22H33NO3/c1-21(2)15-10-16-22(3,4)23(21)26-20(24)18-13-8-9-14-19(18)25-17-11-6-5-7-12-17/h8-9,13-14,17H,5-7,10-12,15-16H2,1-4H3. The molecule has 2 fully saturated rings. The van der Waals surface area contributed by atoms with Gasteiger partial charge >= 0.3 is 5.97 Å². The van der Waals surface area contributed by atoms with Gasteiger partial charge in [-0.3, -0.25) is 0 Å². The van der Waals surface area contributed by atoms with Crippen molar-refractivity contribution in [1.29, 1.82) is 0 Å². The Balaban J connectivity index is 1.77. The van der Waals surface area contributed by atoms with Crippen molar-refractivity contribution in [2.75, 3.05) is 0 Å². The third kappa shape index (κ3) is 4.22. The molecule has 3 rings (SSSR count). The van der Waals surface area contributed by atoms with Gasteiger partial charge in [0.1, 0.15) is 11.3 Å². The van der Waals surface area contributed by atoms with Crippen LogP contribution in [0, 0.1) is 0 Å². The summed E-state index contributed by atoms with van der Waals surface area (Å²) < 4.78 is 6.18. The zero-order valence-corrected chi connectivity index (χ0v) is 16.7. The first-order chi connectivity index (χ1) is 12.3. The number of para-hydroxylation sites is 1. The number of piperidine rings is 1. The van der Waals surface area contributed by atoms with E-state index >= 15 is 0 Å². The van der Waals surface area contributed by atoms with Gasteiger partial charge in [0.05, 0.1) is 17.2 Å². The number of hydroxylamine groups is 2. The number of nitrogens with zero attached hydrogens (tertiary/aromatic N) is 1. The molecular formula is C22H33NO3. The molecule has 2 aliphatic rings. The van der Waals surface area contributed by atoms with E-state index in [1.54, 1.807) is 0 Å². The molecule has 0 bridgehead atoms. The van der Waals surface area contributed by atoms with Crippen LogP contribution in [0.5, 0.6) is 5.75 Å². The Bertz CT molecular complexity index is 616. The highest BCUT2D eigenvalue weighted by Crippen LogP contribution is 2.39. The van der Waals surface area contributed by atoms with Crippen molar-refractivity contribution in [3.05, 3.63) is 29.8 Å². The molecule has 1 saturated heterocycles. The van der Waals surface area contributed by atoms with Crippen LogP contribution in [0.2, 0.25) is 0 Å². The lowest BCUT2D eigenvalue weighted by atomic mass is 9.82. The number of rotatable bonds is 4. The second-order valence-electron chi connectivity index (χ2n) is 9.03. The van der Waals surface area contributed by atoms with Crippen LogP contribution in [0.15, 0.2) is 24.3 Å². The molecule has 4 heteroatoms. The van der Waals surface area contributed by atoms with E-state index in [1.807, 2.05) is 29.3 Å². The molecule has 1 aliphatic heterocycles. The Kier molecular flexibility index (Phi) is 5.61. The lowest BCUT2D eigenvalue weighted by Crippen LogP contribution is -2.58. The van der Waals surface area contributed by atoms with E-state index in [1.165, 1.54) is 19.3 Å². The van der Waals surface area contributed by atoms with Gasteiger partial charge in [0.2, 0.25) is 0 Å². The first-order valence-corrected chi connectivity index (χ1v) is 10.1. The molecular weight excluding hydrogens is 326 g/mol. The number of carbonyl (C=O) groups is 1. The van der Waals surface area contributed by atoms with Crippen molar-refractivity contribution in [3.63, 3.8) is 0 Å². The van der Waals surface area contributed by atoms with Gasteiger partial charge in [-0.05, 0) is 84.8 Å². The van der Waals surface area contributed by atoms with Gasteiger partial charge in [-0.1, -0.05) is 18.6 Å². The Morgan fingerprint density at radius 3 is 2.23 bits per heavy atom. The maximum Gasteiger partial charge on any atom is 0.360 e. The maximum absolute atomic E-state index is 13.0. The van der Waals surface area contributed by atoms with Crippen LogP contribution in [-0.4, -0.2) is 28.2 Å². The number of hydrogen-bond acceptors (Lipinski definition) is 4. The van der Waals surface area contributed by atoms with Gasteiger partial charge in [-0.15, -0.1) is 5.06 Å². The molecule has 0 radical (unpaired) electrons. The summed E-state index contributed by atoms with van der Waals surface area (Å²) >= 11 is 0. The highest BCUT2D eigenvalue weighted by atomic mass is 16.7. The number of ether oxygens (including phenoxy) is 1. The second kappa shape index (κ2) is 7.59. The van der Waals surface area contributed by atoms with E-state index in [9.17, 15) is 4.79 Å². The quantitative estimate of drug-likeness (QED) is 0.710. The Hall–Kier alpha value is -1.55. The minimum Gasteiger partial charge on any atom is -0.490 e. The number of hydrogen-bond donors (Lipinski definition) is 0. The van der Waals surface area contributed by atoms with E-state index in [4.69, 9.17) is 9.57 Å². The summed E-state index contributed by atoms with van der Waals surface area (Å²) in [7, 11) is 0. The predicted octanol–water partition coefficient (Wildman–Crippen LogP) is 5.51. The van der Waals surface area contributed by atoms with Crippen molar-refractivity contribution in [1.82, 2.24) is 5.06 Å². The van der Waals surface area contributed by atoms with Crippen molar-refractivity contribution in [3.8, 4) is 5.75 Å². The molecule has 1 aromatic carbocycles. The average Bonchev–Trinajstić information content (AvgIpc) is 2.59. The van der Waals surface area contributed by atoms with Gasteiger partial charge in [0.15, 0.2) is 0 Å². The number of carbonyl (C=O) groups excluding carboxylic acids is 1. The molecule has 0 spiro atoms. The molecule has 0 unspecified atom stereocenters. The molecule has 1 heterocycles. The summed E-state index contributed by atoms with van der Waals surface area (Å²) in [4.78, 5) is 19.0. The highest BCUT2D eigenvalue weighted by Gasteiger charge is 2.44. The van der Waals surface area contributed by atoms with Crippen LogP contribution in [0.3, 0.4) is 0 Å². The van der Waals surface area contributed by atoms with E-state index in [-0.39, 0.29) is 23.2 Å². The summed E-state index contributed by atoms with van der Waals surface area (Å²) in [6.45, 7) is 8.58. The fraction of sp³-hybridized carbons (Fsp3) is 0.682. The monoisotopic (exact) mass is 359 g/mol. The largest absolute Gasteiger partial charge is 0.490 e. The predicted molar refractivity (Wildman–Crippen MR) is 103 cm³/mol. The average molecular weight is 360 g/mol. The second-order valence-corrected chi connectivity index (χ2v) is 9.03. The Labute approximate surface area is 157 Å². The molecule has 26 heavy (non-hydrogen) atoms. The van der Waals surface area contributed by atoms with Crippen LogP contribution in [0.1, 0.15) is 89.4 Å². The fourth-order valence-electron chi connectivity index (χ4n) is 4.46. The Morgan fingerprint density at radius 1 is 0.962 bits per heavy atom. The summed E-state index contributed by atoms with van der Waals surface area (Å²) in [5.41, 5.74) is 0.183. The first-order valence-electron chi connectivity index (χ1n) is 10.1. The van der Waals surface area contributed by atoms with Crippen molar-refractivity contribution >= 4 is 5.97 Å². The minimum absolute atomic E-state index is 0.170. The fourth-order valence-corrected chi connectivity index (χ4v) is 4.46. The summed E-state index contributed by atoms with van der Waals surface area (Å²) in [6, 6.07) is 7.49. The van der Waals surface area contributed by atoms with Crippen LogP contribution < -0.4 is 4.74 Å². The molecule has 0 atom stereocenters. The smallest absolute Gasteiger partial charge is 0.360 e. The molecule has 0 amide bonds. The third-order valence-corrected chi connectivity index (χ3v) is 5.80. The van der Waals surface area contributed by atoms with Gasteiger partial charge in [0, 0.05) is 0 Å². The topological polar surface area (TPSA) is 38.8 Å². The Morgan fingerprint density at radius 2 is 1.58 bits per heavy atom. The molecule has 144 valence electrons.